The van der Waals surface area contributed by atoms with Crippen LogP contribution in [0.2, 0.25) is 0 Å². The molecular formula is C4H9NO2S. The van der Waals surface area contributed by atoms with Crippen LogP contribution in [0.3, 0.4) is 0 Å². The van der Waals surface area contributed by atoms with Gasteiger partial charge in [-0.25, -0.2) is 0 Å². The van der Waals surface area contributed by atoms with Gasteiger partial charge >= 0.3 is 0 Å². The van der Waals surface area contributed by atoms with E-state index < -0.39 is 5.12 Å². The lowest BCUT2D eigenvalue weighted by atomic mass is 10.5. The second-order valence-corrected chi connectivity index (χ2v) is 3.12. The topological polar surface area (TPSA) is 52.5 Å². The Morgan fingerprint density at radius 3 is 2.50 bits per heavy atom. The predicted octanol–water partition coefficient (Wildman–Crippen LogP) is -1.04. The van der Waals surface area contributed by atoms with Gasteiger partial charge in [-0.3, -0.25) is 0 Å². The maximum Gasteiger partial charge on any atom is 0.226 e. The lowest BCUT2D eigenvalue weighted by molar-refractivity contribution is -0.0749. The third kappa shape index (κ3) is 1.63. The van der Waals surface area contributed by atoms with Gasteiger partial charge in [-0.15, -0.1) is 0 Å². The normalized spacial score (nSPS) is 27.8. The molecule has 0 amide bonds. The van der Waals surface area contributed by atoms with Gasteiger partial charge in [-0.05, 0) is 0 Å². The van der Waals surface area contributed by atoms with Crippen molar-refractivity contribution in [3.8, 4) is 0 Å². The first kappa shape index (κ1) is 6.35. The fraction of sp³-hybridized carbons (Fsp3) is 1.00. The van der Waals surface area contributed by atoms with Gasteiger partial charge in [-0.2, -0.15) is 0 Å². The van der Waals surface area contributed by atoms with E-state index in [4.69, 9.17) is 10.2 Å². The molecule has 0 aromatic rings. The fourth-order valence-electron chi connectivity index (χ4n) is 0.589. The molecule has 3 N–H and O–H groups in total. The van der Waals surface area contributed by atoms with E-state index in [-0.39, 0.29) is 6.54 Å². The number of thioether (sulfide) groups is 1. The summed E-state index contributed by atoms with van der Waals surface area (Å²) in [4.78, 5) is 0. The summed E-state index contributed by atoms with van der Waals surface area (Å²) in [5.41, 5.74) is 0. The smallest absolute Gasteiger partial charge is 0.226 e. The zero-order valence-electron chi connectivity index (χ0n) is 4.42. The molecule has 4 heteroatoms. The van der Waals surface area contributed by atoms with Crippen LogP contribution in [0.1, 0.15) is 0 Å². The van der Waals surface area contributed by atoms with Gasteiger partial charge in [0.2, 0.25) is 5.12 Å². The van der Waals surface area contributed by atoms with Crippen molar-refractivity contribution in [2.75, 3.05) is 18.8 Å². The Balaban J connectivity index is 2.33. The van der Waals surface area contributed by atoms with Gasteiger partial charge in [0.1, 0.15) is 0 Å². The lowest BCUT2D eigenvalue weighted by Crippen LogP contribution is -2.43. The van der Waals surface area contributed by atoms with Crippen LogP contribution in [0, 0.1) is 0 Å². The van der Waals surface area contributed by atoms with E-state index in [9.17, 15) is 0 Å². The molecule has 8 heavy (non-hydrogen) atoms. The van der Waals surface area contributed by atoms with E-state index in [1.54, 1.807) is 0 Å². The number of nitrogens with one attached hydrogen (secondary N) is 1. The maximum absolute atomic E-state index is 8.83. The Morgan fingerprint density at radius 2 is 2.25 bits per heavy atom. The van der Waals surface area contributed by atoms with Crippen molar-refractivity contribution in [2.24, 2.45) is 0 Å². The summed E-state index contributed by atoms with van der Waals surface area (Å²) in [6.07, 6.45) is 0. The molecule has 0 aliphatic carbocycles. The van der Waals surface area contributed by atoms with Crippen molar-refractivity contribution in [3.05, 3.63) is 0 Å². The van der Waals surface area contributed by atoms with E-state index in [0.29, 0.717) is 0 Å². The minimum absolute atomic E-state index is 0.275. The molecule has 0 bridgehead atoms. The van der Waals surface area contributed by atoms with Crippen molar-refractivity contribution >= 4 is 11.8 Å². The first-order chi connectivity index (χ1) is 3.71. The molecule has 48 valence electrons. The van der Waals surface area contributed by atoms with Crippen molar-refractivity contribution in [2.45, 2.75) is 5.12 Å². The molecule has 3 nitrogen and oxygen atoms in total. The number of rotatable bonds is 0. The highest BCUT2D eigenvalue weighted by Gasteiger charge is 2.25. The summed E-state index contributed by atoms with van der Waals surface area (Å²) in [5.74, 6) is 0.771. The molecule has 0 aromatic heterocycles. The summed E-state index contributed by atoms with van der Waals surface area (Å²) >= 11 is 1.17. The van der Waals surface area contributed by atoms with Crippen LogP contribution < -0.4 is 5.32 Å². The minimum Gasteiger partial charge on any atom is -0.356 e. The molecule has 1 aliphatic heterocycles. The molecule has 0 radical (unpaired) electrons. The van der Waals surface area contributed by atoms with E-state index in [2.05, 4.69) is 5.32 Å². The molecule has 0 aromatic carbocycles. The highest BCUT2D eigenvalue weighted by Crippen LogP contribution is 2.19. The van der Waals surface area contributed by atoms with Crippen molar-refractivity contribution in [1.29, 1.82) is 0 Å². The SMILES string of the molecule is OC1(O)CNCCS1. The van der Waals surface area contributed by atoms with Gasteiger partial charge in [-0.1, -0.05) is 11.8 Å². The van der Waals surface area contributed by atoms with Crippen LogP contribution >= 0.6 is 11.8 Å². The highest BCUT2D eigenvalue weighted by atomic mass is 32.2. The molecule has 1 aliphatic rings. The average Bonchev–Trinajstić information content (AvgIpc) is 1.65. The number of aliphatic hydroxyl groups is 2. The highest BCUT2D eigenvalue weighted by molar-refractivity contribution is 8.00. The van der Waals surface area contributed by atoms with Crippen LogP contribution in [0.15, 0.2) is 0 Å². The van der Waals surface area contributed by atoms with Gasteiger partial charge in [0, 0.05) is 12.3 Å². The first-order valence-corrected chi connectivity index (χ1v) is 3.49. The standard InChI is InChI=1S/C4H9NO2S/c6-4(7)3-5-1-2-8-4/h5-7H,1-3H2. The Morgan fingerprint density at radius 1 is 1.50 bits per heavy atom. The second-order valence-electron chi connectivity index (χ2n) is 1.77. The Hall–Kier alpha value is 0.230. The molecule has 1 heterocycles. The Labute approximate surface area is 52.1 Å². The van der Waals surface area contributed by atoms with Crippen molar-refractivity contribution in [3.63, 3.8) is 0 Å². The fourth-order valence-corrected chi connectivity index (χ4v) is 1.37. The summed E-state index contributed by atoms with van der Waals surface area (Å²) in [7, 11) is 0. The zero-order chi connectivity index (χ0) is 6.04. The molecule has 0 unspecified atom stereocenters. The van der Waals surface area contributed by atoms with Gasteiger partial charge in [0.25, 0.3) is 0 Å². The van der Waals surface area contributed by atoms with E-state index in [0.717, 1.165) is 12.3 Å². The van der Waals surface area contributed by atoms with Gasteiger partial charge in [0.15, 0.2) is 0 Å². The first-order valence-electron chi connectivity index (χ1n) is 2.50. The predicted molar refractivity (Wildman–Crippen MR) is 32.5 cm³/mol. The number of hydrogen-bond acceptors (Lipinski definition) is 4. The van der Waals surface area contributed by atoms with Crippen LogP contribution in [0.4, 0.5) is 0 Å². The molecule has 1 rings (SSSR count). The third-order valence-electron chi connectivity index (χ3n) is 0.967. The van der Waals surface area contributed by atoms with Crippen LogP contribution in [-0.2, 0) is 0 Å². The third-order valence-corrected chi connectivity index (χ3v) is 1.98. The largest absolute Gasteiger partial charge is 0.356 e. The average molecular weight is 135 g/mol. The molecule has 0 spiro atoms. The lowest BCUT2D eigenvalue weighted by Gasteiger charge is -2.25. The van der Waals surface area contributed by atoms with Gasteiger partial charge in [0.05, 0.1) is 6.54 Å². The monoisotopic (exact) mass is 135 g/mol. The zero-order valence-corrected chi connectivity index (χ0v) is 5.24. The molecular weight excluding hydrogens is 126 g/mol. The number of β-amino-alcohol motifs (C(OH)–C–C–N with tert-alkyl or cyclic N) is 2. The quantitative estimate of drug-likeness (QED) is 0.371. The molecule has 0 saturated carbocycles. The molecule has 1 saturated heterocycles. The van der Waals surface area contributed by atoms with Crippen LogP contribution in [0.25, 0.3) is 0 Å². The van der Waals surface area contributed by atoms with Crippen LogP contribution in [-0.4, -0.2) is 34.2 Å². The van der Waals surface area contributed by atoms with E-state index >= 15 is 0 Å². The van der Waals surface area contributed by atoms with E-state index in [1.807, 2.05) is 0 Å². The minimum atomic E-state index is -1.52. The summed E-state index contributed by atoms with van der Waals surface area (Å²) in [6.45, 7) is 1.14. The van der Waals surface area contributed by atoms with Crippen molar-refractivity contribution < 1.29 is 10.2 Å². The molecule has 1 fully saturated rings. The molecule has 0 atom stereocenters. The second kappa shape index (κ2) is 2.23. The summed E-state index contributed by atoms with van der Waals surface area (Å²) in [5, 5.41) is 19.0. The summed E-state index contributed by atoms with van der Waals surface area (Å²) < 4.78 is 0. The Bertz CT molecular complexity index is 78.1. The summed E-state index contributed by atoms with van der Waals surface area (Å²) in [6, 6.07) is 0. The maximum atomic E-state index is 8.83. The number of hydrogen-bond donors (Lipinski definition) is 3. The van der Waals surface area contributed by atoms with E-state index in [1.165, 1.54) is 11.8 Å². The van der Waals surface area contributed by atoms with Crippen LogP contribution in [0.5, 0.6) is 0 Å². The van der Waals surface area contributed by atoms with Gasteiger partial charge < -0.3 is 15.5 Å². The Kier molecular flexibility index (Phi) is 1.77. The van der Waals surface area contributed by atoms with Crippen molar-refractivity contribution in [1.82, 2.24) is 5.32 Å².